The molecule has 1 heterocycles. The molecule has 2 rings (SSSR count). The van der Waals surface area contributed by atoms with E-state index in [4.69, 9.17) is 0 Å². The molecule has 18 heavy (non-hydrogen) atoms. The Morgan fingerprint density at radius 1 is 1.33 bits per heavy atom. The third-order valence-electron chi connectivity index (χ3n) is 3.59. The van der Waals surface area contributed by atoms with E-state index in [1.165, 1.54) is 12.8 Å². The Morgan fingerprint density at radius 3 is 2.78 bits per heavy atom. The maximum Gasteiger partial charge on any atom is 0.125 e. The normalized spacial score (nSPS) is 19.0. The van der Waals surface area contributed by atoms with E-state index >= 15 is 0 Å². The lowest BCUT2D eigenvalue weighted by Gasteiger charge is -2.39. The number of anilines is 1. The molecule has 0 aromatic heterocycles. The standard InChI is InChI=1S/C15H23FN2/c1-15(2)5-4-6-18(11-15)14-8-12(10-17-3)7-13(16)9-14/h7-9,17H,4-6,10-11H2,1-3H3. The van der Waals surface area contributed by atoms with Crippen molar-refractivity contribution in [1.82, 2.24) is 5.32 Å². The van der Waals surface area contributed by atoms with Crippen molar-refractivity contribution in [3.63, 3.8) is 0 Å². The fourth-order valence-corrected chi connectivity index (χ4v) is 2.77. The second-order valence-corrected chi connectivity index (χ2v) is 6.04. The molecule has 1 aromatic rings. The molecule has 1 fully saturated rings. The minimum absolute atomic E-state index is 0.138. The number of halogens is 1. The van der Waals surface area contributed by atoms with E-state index in [-0.39, 0.29) is 5.82 Å². The molecule has 1 N–H and O–H groups in total. The number of hydrogen-bond donors (Lipinski definition) is 1. The predicted octanol–water partition coefficient (Wildman–Crippen LogP) is 3.17. The highest BCUT2D eigenvalue weighted by molar-refractivity contribution is 5.49. The Bertz CT molecular complexity index is 415. The van der Waals surface area contributed by atoms with Crippen molar-refractivity contribution >= 4 is 5.69 Å². The first-order chi connectivity index (χ1) is 8.50. The Kier molecular flexibility index (Phi) is 3.91. The van der Waals surface area contributed by atoms with Crippen LogP contribution in [-0.2, 0) is 6.54 Å². The largest absolute Gasteiger partial charge is 0.371 e. The smallest absolute Gasteiger partial charge is 0.125 e. The summed E-state index contributed by atoms with van der Waals surface area (Å²) in [5.41, 5.74) is 2.36. The first-order valence-corrected chi connectivity index (χ1v) is 6.69. The second-order valence-electron chi connectivity index (χ2n) is 6.04. The van der Waals surface area contributed by atoms with Crippen LogP contribution >= 0.6 is 0 Å². The molecule has 0 atom stereocenters. The van der Waals surface area contributed by atoms with Crippen molar-refractivity contribution in [2.45, 2.75) is 33.2 Å². The average molecular weight is 250 g/mol. The molecule has 1 aliphatic rings. The van der Waals surface area contributed by atoms with Crippen molar-refractivity contribution in [3.05, 3.63) is 29.6 Å². The average Bonchev–Trinajstić information content (AvgIpc) is 2.27. The number of benzene rings is 1. The zero-order valence-corrected chi connectivity index (χ0v) is 11.6. The molecule has 1 aromatic carbocycles. The van der Waals surface area contributed by atoms with E-state index in [0.29, 0.717) is 12.0 Å². The summed E-state index contributed by atoms with van der Waals surface area (Å²) < 4.78 is 13.6. The lowest BCUT2D eigenvalue weighted by atomic mass is 9.84. The second kappa shape index (κ2) is 5.27. The minimum Gasteiger partial charge on any atom is -0.371 e. The molecule has 3 heteroatoms. The molecule has 0 unspecified atom stereocenters. The van der Waals surface area contributed by atoms with Gasteiger partial charge in [-0.05, 0) is 49.1 Å². The summed E-state index contributed by atoms with van der Waals surface area (Å²) in [6, 6.07) is 5.36. The zero-order chi connectivity index (χ0) is 13.2. The number of nitrogens with one attached hydrogen (secondary N) is 1. The first kappa shape index (κ1) is 13.3. The molecular formula is C15H23FN2. The number of hydrogen-bond acceptors (Lipinski definition) is 2. The Balaban J connectivity index is 2.21. The van der Waals surface area contributed by atoms with Gasteiger partial charge in [0.2, 0.25) is 0 Å². The van der Waals surface area contributed by atoms with Crippen LogP contribution in [0.25, 0.3) is 0 Å². The van der Waals surface area contributed by atoms with Crippen molar-refractivity contribution in [2.24, 2.45) is 5.41 Å². The van der Waals surface area contributed by atoms with E-state index in [0.717, 1.165) is 24.3 Å². The summed E-state index contributed by atoms with van der Waals surface area (Å²) in [7, 11) is 1.88. The van der Waals surface area contributed by atoms with Crippen molar-refractivity contribution in [3.8, 4) is 0 Å². The highest BCUT2D eigenvalue weighted by Gasteiger charge is 2.26. The van der Waals surface area contributed by atoms with Gasteiger partial charge in [0.25, 0.3) is 0 Å². The van der Waals surface area contributed by atoms with Crippen LogP contribution in [0, 0.1) is 11.2 Å². The van der Waals surface area contributed by atoms with Crippen LogP contribution in [-0.4, -0.2) is 20.1 Å². The van der Waals surface area contributed by atoms with Crippen LogP contribution in [0.4, 0.5) is 10.1 Å². The number of piperidine rings is 1. The van der Waals surface area contributed by atoms with Gasteiger partial charge in [-0.25, -0.2) is 4.39 Å². The maximum absolute atomic E-state index is 13.6. The molecular weight excluding hydrogens is 227 g/mol. The van der Waals surface area contributed by atoms with E-state index in [2.05, 4.69) is 30.1 Å². The lowest BCUT2D eigenvalue weighted by Crippen LogP contribution is -2.40. The molecule has 0 amide bonds. The van der Waals surface area contributed by atoms with Crippen molar-refractivity contribution in [1.29, 1.82) is 0 Å². The summed E-state index contributed by atoms with van der Waals surface area (Å²) >= 11 is 0. The van der Waals surface area contributed by atoms with Gasteiger partial charge in [-0.15, -0.1) is 0 Å². The molecule has 1 saturated heterocycles. The molecule has 0 aliphatic carbocycles. The van der Waals surface area contributed by atoms with Gasteiger partial charge in [-0.1, -0.05) is 13.8 Å². The van der Waals surface area contributed by atoms with E-state index in [1.54, 1.807) is 12.1 Å². The summed E-state index contributed by atoms with van der Waals surface area (Å²) in [4.78, 5) is 2.31. The molecule has 0 spiro atoms. The SMILES string of the molecule is CNCc1cc(F)cc(N2CCCC(C)(C)C2)c1. The Morgan fingerprint density at radius 2 is 2.11 bits per heavy atom. The number of nitrogens with zero attached hydrogens (tertiary/aromatic N) is 1. The summed E-state index contributed by atoms with van der Waals surface area (Å²) in [5, 5.41) is 3.07. The lowest BCUT2D eigenvalue weighted by molar-refractivity contribution is 0.293. The van der Waals surface area contributed by atoms with Crippen LogP contribution in [0.3, 0.4) is 0 Å². The van der Waals surface area contributed by atoms with Crippen LogP contribution in [0.2, 0.25) is 0 Å². The Labute approximate surface area is 109 Å². The highest BCUT2D eigenvalue weighted by atomic mass is 19.1. The van der Waals surface area contributed by atoms with Gasteiger partial charge >= 0.3 is 0 Å². The van der Waals surface area contributed by atoms with Crippen LogP contribution < -0.4 is 10.2 Å². The third kappa shape index (κ3) is 3.22. The third-order valence-corrected chi connectivity index (χ3v) is 3.59. The quantitative estimate of drug-likeness (QED) is 0.886. The predicted molar refractivity (Wildman–Crippen MR) is 74.4 cm³/mol. The maximum atomic E-state index is 13.6. The van der Waals surface area contributed by atoms with E-state index < -0.39 is 0 Å². The van der Waals surface area contributed by atoms with Gasteiger partial charge in [0.15, 0.2) is 0 Å². The molecule has 0 radical (unpaired) electrons. The summed E-state index contributed by atoms with van der Waals surface area (Å²) in [5.74, 6) is -0.138. The zero-order valence-electron chi connectivity index (χ0n) is 11.6. The highest BCUT2D eigenvalue weighted by Crippen LogP contribution is 2.32. The molecule has 2 nitrogen and oxygen atoms in total. The van der Waals surface area contributed by atoms with Gasteiger partial charge in [0.1, 0.15) is 5.82 Å². The van der Waals surface area contributed by atoms with E-state index in [1.807, 2.05) is 7.05 Å². The minimum atomic E-state index is -0.138. The van der Waals surface area contributed by atoms with Gasteiger partial charge in [-0.3, -0.25) is 0 Å². The fourth-order valence-electron chi connectivity index (χ4n) is 2.77. The Hall–Kier alpha value is -1.09. The van der Waals surface area contributed by atoms with Crippen molar-refractivity contribution < 1.29 is 4.39 Å². The molecule has 100 valence electrons. The molecule has 1 aliphatic heterocycles. The van der Waals surface area contributed by atoms with Crippen LogP contribution in [0.15, 0.2) is 18.2 Å². The fraction of sp³-hybridized carbons (Fsp3) is 0.600. The topological polar surface area (TPSA) is 15.3 Å². The van der Waals surface area contributed by atoms with E-state index in [9.17, 15) is 4.39 Å². The van der Waals surface area contributed by atoms with Crippen LogP contribution in [0.1, 0.15) is 32.3 Å². The molecule has 0 bridgehead atoms. The van der Waals surface area contributed by atoms with Crippen LogP contribution in [0.5, 0.6) is 0 Å². The summed E-state index contributed by atoms with van der Waals surface area (Å²) in [6.45, 7) is 7.32. The number of rotatable bonds is 3. The van der Waals surface area contributed by atoms with Gasteiger partial charge in [0, 0.05) is 25.3 Å². The van der Waals surface area contributed by atoms with Crippen molar-refractivity contribution in [2.75, 3.05) is 25.0 Å². The first-order valence-electron chi connectivity index (χ1n) is 6.69. The monoisotopic (exact) mass is 250 g/mol. The van der Waals surface area contributed by atoms with Gasteiger partial charge in [-0.2, -0.15) is 0 Å². The van der Waals surface area contributed by atoms with Gasteiger partial charge in [0.05, 0.1) is 0 Å². The molecule has 0 saturated carbocycles. The van der Waals surface area contributed by atoms with Gasteiger partial charge < -0.3 is 10.2 Å². The summed E-state index contributed by atoms with van der Waals surface area (Å²) in [6.07, 6.45) is 2.44.